The lowest BCUT2D eigenvalue weighted by atomic mass is 9.89. The van der Waals surface area contributed by atoms with Crippen LogP contribution < -0.4 is 5.32 Å². The molecule has 1 rings (SSSR count). The van der Waals surface area contributed by atoms with Crippen molar-refractivity contribution in [3.05, 3.63) is 34.1 Å². The van der Waals surface area contributed by atoms with Crippen molar-refractivity contribution in [3.8, 4) is 0 Å². The summed E-state index contributed by atoms with van der Waals surface area (Å²) < 4.78 is 14.0. The summed E-state index contributed by atoms with van der Waals surface area (Å²) in [6.07, 6.45) is 2.07. The Balaban J connectivity index is 2.53. The molecule has 0 heterocycles. The van der Waals surface area contributed by atoms with E-state index in [2.05, 4.69) is 42.0 Å². The first kappa shape index (κ1) is 15.6. The van der Waals surface area contributed by atoms with E-state index in [1.54, 1.807) is 6.07 Å². The Hall–Kier alpha value is -0.410. The van der Waals surface area contributed by atoms with Gasteiger partial charge in [-0.15, -0.1) is 0 Å². The van der Waals surface area contributed by atoms with Crippen LogP contribution in [0.25, 0.3) is 0 Å². The molecule has 0 fully saturated rings. The Morgan fingerprint density at radius 1 is 1.28 bits per heavy atom. The molecule has 2 atom stereocenters. The van der Waals surface area contributed by atoms with Gasteiger partial charge < -0.3 is 5.32 Å². The second kappa shape index (κ2) is 7.90. The van der Waals surface area contributed by atoms with Crippen LogP contribution in [0, 0.1) is 17.7 Å². The Bertz CT molecular complexity index is 368. The lowest BCUT2D eigenvalue weighted by molar-refractivity contribution is 0.364. The van der Waals surface area contributed by atoms with Gasteiger partial charge in [0, 0.05) is 0 Å². The van der Waals surface area contributed by atoms with Gasteiger partial charge in [0.05, 0.1) is 4.47 Å². The maximum Gasteiger partial charge on any atom is 0.137 e. The van der Waals surface area contributed by atoms with Gasteiger partial charge in [-0.3, -0.25) is 0 Å². The molecule has 0 aliphatic carbocycles. The Morgan fingerprint density at radius 3 is 2.67 bits per heavy atom. The third-order valence-electron chi connectivity index (χ3n) is 3.44. The first-order chi connectivity index (χ1) is 8.56. The van der Waals surface area contributed by atoms with Crippen LogP contribution >= 0.6 is 15.9 Å². The Labute approximate surface area is 118 Å². The number of hydrogen-bond acceptors (Lipinski definition) is 1. The molecule has 0 amide bonds. The van der Waals surface area contributed by atoms with Crippen molar-refractivity contribution in [3.63, 3.8) is 0 Å². The number of hydrogen-bond donors (Lipinski definition) is 1. The highest BCUT2D eigenvalue weighted by atomic mass is 79.9. The van der Waals surface area contributed by atoms with Gasteiger partial charge in [-0.2, -0.15) is 0 Å². The summed E-state index contributed by atoms with van der Waals surface area (Å²) in [5, 5.41) is 3.44. The van der Waals surface area contributed by atoms with Gasteiger partial charge in [-0.05, 0) is 65.3 Å². The Morgan fingerprint density at radius 2 is 2.00 bits per heavy atom. The zero-order valence-electron chi connectivity index (χ0n) is 11.5. The van der Waals surface area contributed by atoms with E-state index in [0.29, 0.717) is 16.3 Å². The monoisotopic (exact) mass is 315 g/mol. The number of benzene rings is 1. The second-order valence-electron chi connectivity index (χ2n) is 5.08. The van der Waals surface area contributed by atoms with Crippen LogP contribution in [0.2, 0.25) is 0 Å². The molecule has 0 aliphatic heterocycles. The van der Waals surface area contributed by atoms with Crippen LogP contribution in [-0.4, -0.2) is 13.1 Å². The molecule has 1 nitrogen and oxygen atoms in total. The molecule has 0 saturated carbocycles. The van der Waals surface area contributed by atoms with E-state index in [1.807, 2.05) is 6.07 Å². The number of nitrogens with one attached hydrogen (secondary N) is 1. The SMILES string of the molecule is CCCNCC(C)C(C)Cc1cccc(F)c1Br. The van der Waals surface area contributed by atoms with E-state index in [0.717, 1.165) is 31.5 Å². The first-order valence-corrected chi connectivity index (χ1v) is 7.49. The molecule has 1 N–H and O–H groups in total. The van der Waals surface area contributed by atoms with Crippen LogP contribution in [0.1, 0.15) is 32.8 Å². The van der Waals surface area contributed by atoms with Crippen molar-refractivity contribution in [1.82, 2.24) is 5.32 Å². The largest absolute Gasteiger partial charge is 0.316 e. The maximum atomic E-state index is 13.4. The fraction of sp³-hybridized carbons (Fsp3) is 0.600. The Kier molecular flexibility index (Phi) is 6.87. The highest BCUT2D eigenvalue weighted by molar-refractivity contribution is 9.10. The minimum atomic E-state index is -0.170. The topological polar surface area (TPSA) is 12.0 Å². The van der Waals surface area contributed by atoms with Gasteiger partial charge in [0.2, 0.25) is 0 Å². The van der Waals surface area contributed by atoms with Gasteiger partial charge in [-0.1, -0.05) is 32.9 Å². The third kappa shape index (κ3) is 4.69. The van der Waals surface area contributed by atoms with Crippen molar-refractivity contribution in [2.45, 2.75) is 33.6 Å². The summed E-state index contributed by atoms with van der Waals surface area (Å²) in [7, 11) is 0. The van der Waals surface area contributed by atoms with Crippen LogP contribution in [0.3, 0.4) is 0 Å². The lowest BCUT2D eigenvalue weighted by Gasteiger charge is -2.21. The van der Waals surface area contributed by atoms with Gasteiger partial charge >= 0.3 is 0 Å². The predicted octanol–water partition coefficient (Wildman–Crippen LogP) is 4.40. The van der Waals surface area contributed by atoms with Crippen molar-refractivity contribution in [2.75, 3.05) is 13.1 Å². The van der Waals surface area contributed by atoms with Crippen LogP contribution in [0.5, 0.6) is 0 Å². The van der Waals surface area contributed by atoms with Crippen LogP contribution in [0.15, 0.2) is 22.7 Å². The molecule has 2 unspecified atom stereocenters. The second-order valence-corrected chi connectivity index (χ2v) is 5.87. The van der Waals surface area contributed by atoms with E-state index >= 15 is 0 Å². The van der Waals surface area contributed by atoms with Gasteiger partial charge in [0.25, 0.3) is 0 Å². The van der Waals surface area contributed by atoms with Crippen molar-refractivity contribution < 1.29 is 4.39 Å². The van der Waals surface area contributed by atoms with Crippen molar-refractivity contribution >= 4 is 15.9 Å². The molecule has 0 saturated heterocycles. The summed E-state index contributed by atoms with van der Waals surface area (Å²) in [6.45, 7) is 8.75. The third-order valence-corrected chi connectivity index (χ3v) is 4.33. The van der Waals surface area contributed by atoms with Gasteiger partial charge in [-0.25, -0.2) is 4.39 Å². The minimum Gasteiger partial charge on any atom is -0.316 e. The van der Waals surface area contributed by atoms with Gasteiger partial charge in [0.15, 0.2) is 0 Å². The fourth-order valence-corrected chi connectivity index (χ4v) is 2.39. The molecule has 0 aromatic heterocycles. The molecule has 0 bridgehead atoms. The van der Waals surface area contributed by atoms with E-state index < -0.39 is 0 Å². The van der Waals surface area contributed by atoms with E-state index in [1.165, 1.54) is 6.07 Å². The number of rotatable bonds is 7. The van der Waals surface area contributed by atoms with Crippen LogP contribution in [0.4, 0.5) is 4.39 Å². The highest BCUT2D eigenvalue weighted by Crippen LogP contribution is 2.25. The molecule has 3 heteroatoms. The van der Waals surface area contributed by atoms with Crippen molar-refractivity contribution in [2.24, 2.45) is 11.8 Å². The smallest absolute Gasteiger partial charge is 0.137 e. The summed E-state index contributed by atoms with van der Waals surface area (Å²) in [6, 6.07) is 5.27. The minimum absolute atomic E-state index is 0.170. The van der Waals surface area contributed by atoms with E-state index in [9.17, 15) is 4.39 Å². The molecular weight excluding hydrogens is 293 g/mol. The van der Waals surface area contributed by atoms with Crippen LogP contribution in [-0.2, 0) is 6.42 Å². The quantitative estimate of drug-likeness (QED) is 0.735. The molecule has 0 radical (unpaired) electrons. The highest BCUT2D eigenvalue weighted by Gasteiger charge is 2.15. The summed E-state index contributed by atoms with van der Waals surface area (Å²) in [4.78, 5) is 0. The van der Waals surface area contributed by atoms with E-state index in [-0.39, 0.29) is 5.82 Å². The van der Waals surface area contributed by atoms with Crippen molar-refractivity contribution in [1.29, 1.82) is 0 Å². The summed E-state index contributed by atoms with van der Waals surface area (Å²) in [5.41, 5.74) is 1.06. The zero-order chi connectivity index (χ0) is 13.5. The average Bonchev–Trinajstić information content (AvgIpc) is 2.35. The first-order valence-electron chi connectivity index (χ1n) is 6.69. The molecule has 1 aromatic rings. The normalized spacial score (nSPS) is 14.5. The molecule has 0 spiro atoms. The average molecular weight is 316 g/mol. The molecular formula is C15H23BrFN. The maximum absolute atomic E-state index is 13.4. The predicted molar refractivity (Wildman–Crippen MR) is 79.3 cm³/mol. The molecule has 18 heavy (non-hydrogen) atoms. The van der Waals surface area contributed by atoms with Gasteiger partial charge in [0.1, 0.15) is 5.82 Å². The van der Waals surface area contributed by atoms with E-state index in [4.69, 9.17) is 0 Å². The molecule has 0 aliphatic rings. The molecule has 102 valence electrons. The summed E-state index contributed by atoms with van der Waals surface area (Å²) >= 11 is 3.33. The summed E-state index contributed by atoms with van der Waals surface area (Å²) in [5.74, 6) is 0.954. The standard InChI is InChI=1S/C15H23BrFN/c1-4-8-18-10-12(3)11(2)9-13-6-5-7-14(17)15(13)16/h5-7,11-12,18H,4,8-10H2,1-3H3. The number of halogens is 2. The molecule has 1 aromatic carbocycles. The lowest BCUT2D eigenvalue weighted by Crippen LogP contribution is -2.26. The fourth-order valence-electron chi connectivity index (χ4n) is 1.96. The zero-order valence-corrected chi connectivity index (χ0v) is 13.1.